The predicted molar refractivity (Wildman–Crippen MR) is 62.4 cm³/mol. The normalized spacial score (nSPS) is 37.8. The van der Waals surface area contributed by atoms with Crippen LogP contribution < -0.4 is 0 Å². The van der Waals surface area contributed by atoms with Crippen LogP contribution in [0.5, 0.6) is 0 Å². The third-order valence-corrected chi connectivity index (χ3v) is 4.27. The minimum absolute atomic E-state index is 0.130. The van der Waals surface area contributed by atoms with Crippen molar-refractivity contribution in [3.63, 3.8) is 0 Å². The maximum absolute atomic E-state index is 10.9. The number of rotatable bonds is 2. The molecule has 3 unspecified atom stereocenters. The average molecular weight is 226 g/mol. The van der Waals surface area contributed by atoms with Crippen molar-refractivity contribution in [2.75, 3.05) is 26.7 Å². The highest BCUT2D eigenvalue weighted by molar-refractivity contribution is 5.70. The van der Waals surface area contributed by atoms with Crippen molar-refractivity contribution in [1.82, 2.24) is 9.80 Å². The molecule has 0 radical (unpaired) electrons. The zero-order valence-corrected chi connectivity index (χ0v) is 10.2. The molecule has 2 rings (SSSR count). The molecule has 1 N–H and O–H groups in total. The monoisotopic (exact) mass is 226 g/mol. The van der Waals surface area contributed by atoms with Crippen molar-refractivity contribution in [1.29, 1.82) is 0 Å². The van der Waals surface area contributed by atoms with Gasteiger partial charge in [0.2, 0.25) is 0 Å². The molecule has 0 aromatic rings. The molecular formula is C12H22N2O2. The van der Waals surface area contributed by atoms with Crippen molar-refractivity contribution >= 4 is 5.97 Å². The van der Waals surface area contributed by atoms with E-state index in [0.29, 0.717) is 12.1 Å². The van der Waals surface area contributed by atoms with E-state index in [1.54, 1.807) is 0 Å². The van der Waals surface area contributed by atoms with Crippen LogP contribution >= 0.6 is 0 Å². The Morgan fingerprint density at radius 2 is 2.06 bits per heavy atom. The third-order valence-electron chi connectivity index (χ3n) is 4.27. The number of hydrogen-bond donors (Lipinski definition) is 1. The van der Waals surface area contributed by atoms with Gasteiger partial charge in [0, 0.05) is 18.6 Å². The van der Waals surface area contributed by atoms with E-state index in [2.05, 4.69) is 23.8 Å². The minimum Gasteiger partial charge on any atom is -0.481 e. The summed E-state index contributed by atoms with van der Waals surface area (Å²) in [5, 5.41) is 8.99. The van der Waals surface area contributed by atoms with E-state index in [1.807, 2.05) is 0 Å². The van der Waals surface area contributed by atoms with Gasteiger partial charge >= 0.3 is 5.97 Å². The number of carbonyl (C=O) groups is 1. The molecule has 0 amide bonds. The molecule has 0 spiro atoms. The molecule has 2 aliphatic heterocycles. The first-order valence-corrected chi connectivity index (χ1v) is 6.25. The third kappa shape index (κ3) is 2.38. The van der Waals surface area contributed by atoms with Crippen molar-refractivity contribution in [3.05, 3.63) is 0 Å². The largest absolute Gasteiger partial charge is 0.481 e. The predicted octanol–water partition coefficient (Wildman–Crippen LogP) is 0.876. The Bertz CT molecular complexity index is 270. The highest BCUT2D eigenvalue weighted by Crippen LogP contribution is 2.26. The summed E-state index contributed by atoms with van der Waals surface area (Å²) in [6.45, 7) is 5.13. The second-order valence-electron chi connectivity index (χ2n) is 5.33. The van der Waals surface area contributed by atoms with Crippen LogP contribution in [0.2, 0.25) is 0 Å². The minimum atomic E-state index is -0.622. The van der Waals surface area contributed by atoms with Crippen LogP contribution in [0.25, 0.3) is 0 Å². The number of nitrogens with zero attached hydrogens (tertiary/aromatic N) is 2. The first kappa shape index (κ1) is 11.9. The molecule has 0 saturated carbocycles. The van der Waals surface area contributed by atoms with Gasteiger partial charge in [0.15, 0.2) is 0 Å². The molecule has 0 bridgehead atoms. The van der Waals surface area contributed by atoms with E-state index in [1.165, 1.54) is 12.8 Å². The number of piperidine rings is 1. The van der Waals surface area contributed by atoms with Gasteiger partial charge in [-0.05, 0) is 46.3 Å². The summed E-state index contributed by atoms with van der Waals surface area (Å²) in [6.07, 6.45) is 3.20. The summed E-state index contributed by atoms with van der Waals surface area (Å²) in [7, 11) is 2.17. The molecule has 3 atom stereocenters. The van der Waals surface area contributed by atoms with Gasteiger partial charge in [0.05, 0.1) is 5.92 Å². The first-order valence-electron chi connectivity index (χ1n) is 6.25. The molecule has 2 saturated heterocycles. The maximum Gasteiger partial charge on any atom is 0.307 e. The molecule has 16 heavy (non-hydrogen) atoms. The molecule has 4 nitrogen and oxygen atoms in total. The van der Waals surface area contributed by atoms with E-state index >= 15 is 0 Å². The van der Waals surface area contributed by atoms with Crippen LogP contribution in [-0.4, -0.2) is 59.6 Å². The van der Waals surface area contributed by atoms with Gasteiger partial charge in [-0.1, -0.05) is 0 Å². The molecule has 2 heterocycles. The molecular weight excluding hydrogens is 204 g/mol. The number of hydrogen-bond acceptors (Lipinski definition) is 3. The zero-order valence-electron chi connectivity index (χ0n) is 10.2. The molecule has 0 aliphatic carbocycles. The van der Waals surface area contributed by atoms with Crippen LogP contribution in [0.4, 0.5) is 0 Å². The molecule has 0 aromatic heterocycles. The highest BCUT2D eigenvalue weighted by Gasteiger charge is 2.34. The molecule has 4 heteroatoms. The quantitative estimate of drug-likeness (QED) is 0.759. The van der Waals surface area contributed by atoms with Crippen molar-refractivity contribution in [2.45, 2.75) is 38.3 Å². The van der Waals surface area contributed by atoms with Crippen LogP contribution in [0.15, 0.2) is 0 Å². The summed E-state index contributed by atoms with van der Waals surface area (Å²) in [6, 6.07) is 1.23. The van der Waals surface area contributed by atoms with Gasteiger partial charge < -0.3 is 10.0 Å². The number of carboxylic acid groups (broad SMARTS) is 1. The van der Waals surface area contributed by atoms with Crippen LogP contribution in [0, 0.1) is 5.92 Å². The van der Waals surface area contributed by atoms with Crippen LogP contribution in [0.1, 0.15) is 26.2 Å². The summed E-state index contributed by atoms with van der Waals surface area (Å²) in [4.78, 5) is 15.7. The van der Waals surface area contributed by atoms with Gasteiger partial charge in [-0.15, -0.1) is 0 Å². The average Bonchev–Trinajstić information content (AvgIpc) is 2.71. The van der Waals surface area contributed by atoms with Crippen molar-refractivity contribution in [3.8, 4) is 0 Å². The first-order chi connectivity index (χ1) is 7.58. The maximum atomic E-state index is 10.9. The molecule has 92 valence electrons. The standard InChI is InChI=1S/C12H22N2O2/c1-9-7-11(4-5-13(9)2)14-6-3-10(8-14)12(15)16/h9-11H,3-8H2,1-2H3,(H,15,16). The van der Waals surface area contributed by atoms with Gasteiger partial charge in [-0.25, -0.2) is 0 Å². The number of likely N-dealkylation sites (tertiary alicyclic amines) is 2. The Labute approximate surface area is 97.2 Å². The Morgan fingerprint density at radius 3 is 2.62 bits per heavy atom. The summed E-state index contributed by atoms with van der Waals surface area (Å²) >= 11 is 0. The molecule has 2 aliphatic rings. The smallest absolute Gasteiger partial charge is 0.307 e. The second-order valence-corrected chi connectivity index (χ2v) is 5.33. The lowest BCUT2D eigenvalue weighted by molar-refractivity contribution is -0.141. The Hall–Kier alpha value is -0.610. The summed E-state index contributed by atoms with van der Waals surface area (Å²) < 4.78 is 0. The van der Waals surface area contributed by atoms with Crippen molar-refractivity contribution in [2.24, 2.45) is 5.92 Å². The van der Waals surface area contributed by atoms with Gasteiger partial charge in [-0.3, -0.25) is 9.69 Å². The van der Waals surface area contributed by atoms with E-state index in [0.717, 1.165) is 26.1 Å². The lowest BCUT2D eigenvalue weighted by Crippen LogP contribution is -2.47. The fourth-order valence-electron chi connectivity index (χ4n) is 2.92. The zero-order chi connectivity index (χ0) is 11.7. The Kier molecular flexibility index (Phi) is 3.50. The Morgan fingerprint density at radius 1 is 1.31 bits per heavy atom. The lowest BCUT2D eigenvalue weighted by atomic mass is 9.98. The molecule has 2 fully saturated rings. The SMILES string of the molecule is CC1CC(N2CCC(C(=O)O)C2)CCN1C. The van der Waals surface area contributed by atoms with Crippen molar-refractivity contribution < 1.29 is 9.90 Å². The van der Waals surface area contributed by atoms with E-state index in [4.69, 9.17) is 5.11 Å². The van der Waals surface area contributed by atoms with E-state index < -0.39 is 5.97 Å². The second kappa shape index (κ2) is 4.72. The number of carboxylic acids is 1. The fourth-order valence-corrected chi connectivity index (χ4v) is 2.92. The van der Waals surface area contributed by atoms with Crippen LogP contribution in [0.3, 0.4) is 0 Å². The summed E-state index contributed by atoms with van der Waals surface area (Å²) in [5.41, 5.74) is 0. The van der Waals surface area contributed by atoms with E-state index in [-0.39, 0.29) is 5.92 Å². The van der Waals surface area contributed by atoms with E-state index in [9.17, 15) is 4.79 Å². The number of aliphatic carboxylic acids is 1. The van der Waals surface area contributed by atoms with Gasteiger partial charge in [0.25, 0.3) is 0 Å². The molecule has 0 aromatic carbocycles. The van der Waals surface area contributed by atoms with Gasteiger partial charge in [-0.2, -0.15) is 0 Å². The lowest BCUT2D eigenvalue weighted by Gasteiger charge is -2.39. The fraction of sp³-hybridized carbons (Fsp3) is 0.917. The Balaban J connectivity index is 1.88. The highest BCUT2D eigenvalue weighted by atomic mass is 16.4. The topological polar surface area (TPSA) is 43.8 Å². The summed E-state index contributed by atoms with van der Waals surface area (Å²) in [5.74, 6) is -0.751. The van der Waals surface area contributed by atoms with Crippen LogP contribution in [-0.2, 0) is 4.79 Å². The van der Waals surface area contributed by atoms with Gasteiger partial charge in [0.1, 0.15) is 0 Å².